The molecular weight excluding hydrogens is 350 g/mol. The van der Waals surface area contributed by atoms with Crippen LogP contribution in [0.25, 0.3) is 0 Å². The number of hydrogen-bond donors (Lipinski definition) is 2. The lowest BCUT2D eigenvalue weighted by Gasteiger charge is -2.13. The highest BCUT2D eigenvalue weighted by molar-refractivity contribution is 6.04. The van der Waals surface area contributed by atoms with Crippen molar-refractivity contribution in [1.82, 2.24) is 15.5 Å². The Kier molecular flexibility index (Phi) is 5.75. The standard InChI is InChI=1S/C19H21N3O5/c1-26-14-6-4-13(5-7-14)12-22-18(24)16(21-19(22)25)8-9-17(23)20-11-15-3-2-10-27-15/h2-7,10,16H,8-9,11-12H2,1H3,(H,20,23)(H,21,25)/t16-/m1/s1. The lowest BCUT2D eigenvalue weighted by molar-refractivity contribution is -0.128. The summed E-state index contributed by atoms with van der Waals surface area (Å²) in [5.41, 5.74) is 0.816. The average Bonchev–Trinajstić information content (AvgIpc) is 3.29. The van der Waals surface area contributed by atoms with E-state index in [2.05, 4.69) is 10.6 Å². The highest BCUT2D eigenvalue weighted by Gasteiger charge is 2.37. The molecule has 1 atom stereocenters. The molecule has 3 rings (SSSR count). The molecule has 8 nitrogen and oxygen atoms in total. The first kappa shape index (κ1) is 18.5. The summed E-state index contributed by atoms with van der Waals surface area (Å²) in [6, 6.07) is 9.51. The van der Waals surface area contributed by atoms with Crippen molar-refractivity contribution in [3.05, 3.63) is 54.0 Å². The summed E-state index contributed by atoms with van der Waals surface area (Å²) >= 11 is 0. The zero-order valence-electron chi connectivity index (χ0n) is 14.9. The molecule has 0 spiro atoms. The number of carbonyl (C=O) groups is 3. The highest BCUT2D eigenvalue weighted by atomic mass is 16.5. The van der Waals surface area contributed by atoms with Crippen LogP contribution >= 0.6 is 0 Å². The van der Waals surface area contributed by atoms with E-state index in [0.717, 1.165) is 10.5 Å². The minimum atomic E-state index is -0.690. The van der Waals surface area contributed by atoms with Crippen LogP contribution in [0.2, 0.25) is 0 Å². The molecule has 0 saturated carbocycles. The average molecular weight is 371 g/mol. The van der Waals surface area contributed by atoms with Crippen LogP contribution in [0.5, 0.6) is 5.75 Å². The van der Waals surface area contributed by atoms with E-state index in [9.17, 15) is 14.4 Å². The molecule has 1 aromatic heterocycles. The molecule has 2 aromatic rings. The maximum Gasteiger partial charge on any atom is 0.325 e. The van der Waals surface area contributed by atoms with Gasteiger partial charge < -0.3 is 19.8 Å². The van der Waals surface area contributed by atoms with Gasteiger partial charge in [-0.15, -0.1) is 0 Å². The maximum absolute atomic E-state index is 12.5. The van der Waals surface area contributed by atoms with Gasteiger partial charge in [-0.05, 0) is 36.2 Å². The van der Waals surface area contributed by atoms with Crippen molar-refractivity contribution in [2.24, 2.45) is 0 Å². The molecule has 0 unspecified atom stereocenters. The van der Waals surface area contributed by atoms with E-state index in [-0.39, 0.29) is 31.2 Å². The fraction of sp³-hybridized carbons (Fsp3) is 0.316. The number of rotatable bonds is 8. The minimum Gasteiger partial charge on any atom is -0.497 e. The van der Waals surface area contributed by atoms with Crippen LogP contribution in [0.3, 0.4) is 0 Å². The largest absolute Gasteiger partial charge is 0.497 e. The van der Waals surface area contributed by atoms with Crippen molar-refractivity contribution in [2.45, 2.75) is 32.0 Å². The Labute approximate surface area is 156 Å². The monoisotopic (exact) mass is 371 g/mol. The molecule has 1 aromatic carbocycles. The predicted octanol–water partition coefficient (Wildman–Crippen LogP) is 1.81. The van der Waals surface area contributed by atoms with E-state index in [0.29, 0.717) is 18.1 Å². The fourth-order valence-corrected chi connectivity index (χ4v) is 2.80. The van der Waals surface area contributed by atoms with Crippen molar-refractivity contribution in [3.63, 3.8) is 0 Å². The third-order valence-electron chi connectivity index (χ3n) is 4.31. The molecule has 0 aliphatic carbocycles. The number of urea groups is 1. The first-order valence-corrected chi connectivity index (χ1v) is 8.60. The molecule has 2 N–H and O–H groups in total. The number of nitrogens with zero attached hydrogens (tertiary/aromatic N) is 1. The van der Waals surface area contributed by atoms with E-state index in [1.807, 2.05) is 0 Å². The second kappa shape index (κ2) is 8.39. The highest BCUT2D eigenvalue weighted by Crippen LogP contribution is 2.17. The van der Waals surface area contributed by atoms with Crippen LogP contribution in [-0.4, -0.2) is 35.9 Å². The molecule has 1 fully saturated rings. The lowest BCUT2D eigenvalue weighted by Crippen LogP contribution is -2.32. The number of nitrogens with one attached hydrogen (secondary N) is 2. The van der Waals surface area contributed by atoms with Gasteiger partial charge in [-0.1, -0.05) is 12.1 Å². The van der Waals surface area contributed by atoms with Gasteiger partial charge in [-0.2, -0.15) is 0 Å². The van der Waals surface area contributed by atoms with Crippen molar-refractivity contribution in [1.29, 1.82) is 0 Å². The predicted molar refractivity (Wildman–Crippen MR) is 95.7 cm³/mol. The molecule has 8 heteroatoms. The smallest absolute Gasteiger partial charge is 0.325 e. The van der Waals surface area contributed by atoms with Gasteiger partial charge in [0.05, 0.1) is 26.5 Å². The van der Waals surface area contributed by atoms with Crippen LogP contribution in [0.15, 0.2) is 47.1 Å². The van der Waals surface area contributed by atoms with Gasteiger partial charge in [0.1, 0.15) is 17.6 Å². The third kappa shape index (κ3) is 4.66. The van der Waals surface area contributed by atoms with Gasteiger partial charge in [-0.3, -0.25) is 14.5 Å². The topological polar surface area (TPSA) is 101 Å². The Bertz CT molecular complexity index is 801. The Hall–Kier alpha value is -3.29. The van der Waals surface area contributed by atoms with Gasteiger partial charge in [-0.25, -0.2) is 4.79 Å². The summed E-state index contributed by atoms with van der Waals surface area (Å²) < 4.78 is 10.2. The SMILES string of the molecule is COc1ccc(CN2C(=O)N[C@H](CCC(=O)NCc3ccco3)C2=O)cc1. The summed E-state index contributed by atoms with van der Waals surface area (Å²) in [5.74, 6) is 0.824. The van der Waals surface area contributed by atoms with Crippen molar-refractivity contribution < 1.29 is 23.5 Å². The summed E-state index contributed by atoms with van der Waals surface area (Å²) in [6.45, 7) is 0.469. The normalized spacial score (nSPS) is 16.3. The van der Waals surface area contributed by atoms with Gasteiger partial charge in [0.25, 0.3) is 5.91 Å². The van der Waals surface area contributed by atoms with E-state index >= 15 is 0 Å². The number of hydrogen-bond acceptors (Lipinski definition) is 5. The first-order valence-electron chi connectivity index (χ1n) is 8.60. The molecule has 27 heavy (non-hydrogen) atoms. The molecule has 2 heterocycles. The third-order valence-corrected chi connectivity index (χ3v) is 4.31. The Balaban J connectivity index is 1.48. The summed E-state index contributed by atoms with van der Waals surface area (Å²) in [5, 5.41) is 5.35. The number of benzene rings is 1. The van der Waals surface area contributed by atoms with E-state index in [1.165, 1.54) is 6.26 Å². The number of carbonyl (C=O) groups excluding carboxylic acids is 3. The van der Waals surface area contributed by atoms with Crippen molar-refractivity contribution in [3.8, 4) is 5.75 Å². The maximum atomic E-state index is 12.5. The molecule has 0 radical (unpaired) electrons. The van der Waals surface area contributed by atoms with Crippen LogP contribution in [0, 0.1) is 0 Å². The Morgan fingerprint density at radius 1 is 1.26 bits per heavy atom. The minimum absolute atomic E-state index is 0.133. The molecule has 4 amide bonds. The lowest BCUT2D eigenvalue weighted by atomic mass is 10.1. The Morgan fingerprint density at radius 3 is 2.70 bits per heavy atom. The molecular formula is C19H21N3O5. The zero-order chi connectivity index (χ0) is 19.2. The molecule has 142 valence electrons. The second-order valence-electron chi connectivity index (χ2n) is 6.17. The molecule has 1 aliphatic rings. The number of methoxy groups -OCH3 is 1. The molecule has 1 saturated heterocycles. The fourth-order valence-electron chi connectivity index (χ4n) is 2.80. The number of imide groups is 1. The number of amides is 4. The Morgan fingerprint density at radius 2 is 2.04 bits per heavy atom. The zero-order valence-corrected chi connectivity index (χ0v) is 14.9. The van der Waals surface area contributed by atoms with Crippen LogP contribution in [0.1, 0.15) is 24.2 Å². The van der Waals surface area contributed by atoms with Crippen LogP contribution in [-0.2, 0) is 22.7 Å². The summed E-state index contributed by atoms with van der Waals surface area (Å²) in [6.07, 6.45) is 1.91. The molecule has 1 aliphatic heterocycles. The van der Waals surface area contributed by atoms with Crippen molar-refractivity contribution in [2.75, 3.05) is 7.11 Å². The number of furan rings is 1. The van der Waals surface area contributed by atoms with Crippen LogP contribution < -0.4 is 15.4 Å². The van der Waals surface area contributed by atoms with Gasteiger partial charge >= 0.3 is 6.03 Å². The first-order chi connectivity index (χ1) is 13.1. The van der Waals surface area contributed by atoms with Gasteiger partial charge in [0.2, 0.25) is 5.91 Å². The molecule has 0 bridgehead atoms. The number of ether oxygens (including phenoxy) is 1. The van der Waals surface area contributed by atoms with E-state index in [4.69, 9.17) is 9.15 Å². The quantitative estimate of drug-likeness (QED) is 0.689. The van der Waals surface area contributed by atoms with Crippen molar-refractivity contribution >= 4 is 17.8 Å². The van der Waals surface area contributed by atoms with E-state index < -0.39 is 12.1 Å². The van der Waals surface area contributed by atoms with Gasteiger partial charge in [0.15, 0.2) is 0 Å². The summed E-state index contributed by atoms with van der Waals surface area (Å²) in [4.78, 5) is 37.7. The summed E-state index contributed by atoms with van der Waals surface area (Å²) in [7, 11) is 1.57. The second-order valence-corrected chi connectivity index (χ2v) is 6.17. The van der Waals surface area contributed by atoms with E-state index in [1.54, 1.807) is 43.5 Å². The van der Waals surface area contributed by atoms with Gasteiger partial charge in [0, 0.05) is 6.42 Å². The van der Waals surface area contributed by atoms with Crippen LogP contribution in [0.4, 0.5) is 4.79 Å².